The van der Waals surface area contributed by atoms with Crippen molar-refractivity contribution in [3.63, 3.8) is 0 Å². The molecule has 2 unspecified atom stereocenters. The van der Waals surface area contributed by atoms with Gasteiger partial charge in [0.1, 0.15) is 5.41 Å². The Labute approximate surface area is 95.3 Å². The zero-order valence-electron chi connectivity index (χ0n) is 10.0. The Morgan fingerprint density at radius 2 is 2.00 bits per heavy atom. The Bertz CT molecular complexity index is 321. The van der Waals surface area contributed by atoms with Crippen LogP contribution in [0, 0.1) is 11.3 Å². The van der Waals surface area contributed by atoms with E-state index in [9.17, 15) is 14.4 Å². The number of ketones is 2. The highest BCUT2D eigenvalue weighted by molar-refractivity contribution is 6.45. The zero-order chi connectivity index (χ0) is 12.3. The maximum absolute atomic E-state index is 11.9. The van der Waals surface area contributed by atoms with Gasteiger partial charge in [0.05, 0.1) is 6.61 Å². The van der Waals surface area contributed by atoms with Crippen LogP contribution in [0.2, 0.25) is 0 Å². The number of hydrogen-bond acceptors (Lipinski definition) is 4. The number of carbonyl (C=O) groups is 3. The number of esters is 1. The van der Waals surface area contributed by atoms with Gasteiger partial charge in [-0.1, -0.05) is 13.8 Å². The second-order valence-electron chi connectivity index (χ2n) is 4.16. The average molecular weight is 226 g/mol. The van der Waals surface area contributed by atoms with Crippen LogP contribution >= 0.6 is 0 Å². The van der Waals surface area contributed by atoms with E-state index in [2.05, 4.69) is 0 Å². The van der Waals surface area contributed by atoms with Crippen LogP contribution in [0.15, 0.2) is 0 Å². The third-order valence-electron chi connectivity index (χ3n) is 3.39. The van der Waals surface area contributed by atoms with Gasteiger partial charge >= 0.3 is 5.97 Å². The highest BCUT2D eigenvalue weighted by Crippen LogP contribution is 2.41. The van der Waals surface area contributed by atoms with Crippen LogP contribution in [0.4, 0.5) is 0 Å². The maximum Gasteiger partial charge on any atom is 0.320 e. The molecule has 0 amide bonds. The van der Waals surface area contributed by atoms with Crippen molar-refractivity contribution >= 4 is 17.5 Å². The zero-order valence-corrected chi connectivity index (χ0v) is 10.0. The van der Waals surface area contributed by atoms with Crippen LogP contribution in [0.5, 0.6) is 0 Å². The standard InChI is InChI=1S/C12H18O4/c1-4-8-7-12(5-2,10(14)9(8)13)11(15)16-6-3/h8H,4-7H2,1-3H3. The summed E-state index contributed by atoms with van der Waals surface area (Å²) in [5.74, 6) is -1.80. The summed E-state index contributed by atoms with van der Waals surface area (Å²) in [6, 6.07) is 0. The van der Waals surface area contributed by atoms with E-state index in [0.717, 1.165) is 0 Å². The van der Waals surface area contributed by atoms with Crippen molar-refractivity contribution in [1.82, 2.24) is 0 Å². The van der Waals surface area contributed by atoms with Gasteiger partial charge in [0.2, 0.25) is 11.6 Å². The molecule has 0 N–H and O–H groups in total. The van der Waals surface area contributed by atoms with Gasteiger partial charge in [0.15, 0.2) is 0 Å². The molecule has 0 spiro atoms. The van der Waals surface area contributed by atoms with E-state index < -0.39 is 23.0 Å². The molecule has 1 aliphatic carbocycles. The summed E-state index contributed by atoms with van der Waals surface area (Å²) < 4.78 is 4.92. The van der Waals surface area contributed by atoms with E-state index in [1.807, 2.05) is 6.92 Å². The number of hydrogen-bond donors (Lipinski definition) is 0. The molecule has 0 heterocycles. The molecule has 90 valence electrons. The molecule has 1 saturated carbocycles. The van der Waals surface area contributed by atoms with Crippen LogP contribution < -0.4 is 0 Å². The predicted molar refractivity (Wildman–Crippen MR) is 57.8 cm³/mol. The van der Waals surface area contributed by atoms with Crippen LogP contribution in [0.3, 0.4) is 0 Å². The van der Waals surface area contributed by atoms with Gasteiger partial charge in [0, 0.05) is 5.92 Å². The van der Waals surface area contributed by atoms with Crippen LogP contribution in [0.1, 0.15) is 40.0 Å². The molecular weight excluding hydrogens is 208 g/mol. The molecule has 0 aromatic heterocycles. The van der Waals surface area contributed by atoms with Crippen LogP contribution in [0.25, 0.3) is 0 Å². The molecule has 4 heteroatoms. The van der Waals surface area contributed by atoms with Crippen LogP contribution in [-0.4, -0.2) is 24.1 Å². The van der Waals surface area contributed by atoms with Crippen molar-refractivity contribution in [3.05, 3.63) is 0 Å². The minimum atomic E-state index is -1.20. The summed E-state index contributed by atoms with van der Waals surface area (Å²) in [7, 11) is 0. The van der Waals surface area contributed by atoms with Crippen molar-refractivity contribution in [2.45, 2.75) is 40.0 Å². The van der Waals surface area contributed by atoms with Gasteiger partial charge in [-0.2, -0.15) is 0 Å². The molecule has 0 bridgehead atoms. The Kier molecular flexibility index (Phi) is 3.83. The first kappa shape index (κ1) is 12.9. The second kappa shape index (κ2) is 4.76. The molecule has 1 aliphatic rings. The quantitative estimate of drug-likeness (QED) is 0.414. The molecule has 0 saturated heterocycles. The van der Waals surface area contributed by atoms with Gasteiger partial charge in [-0.05, 0) is 26.2 Å². The molecule has 16 heavy (non-hydrogen) atoms. The Balaban J connectivity index is 3.02. The van der Waals surface area contributed by atoms with Gasteiger partial charge in [0.25, 0.3) is 0 Å². The second-order valence-corrected chi connectivity index (χ2v) is 4.16. The van der Waals surface area contributed by atoms with Crippen LogP contribution in [-0.2, 0) is 19.1 Å². The lowest BCUT2D eigenvalue weighted by atomic mass is 9.81. The highest BCUT2D eigenvalue weighted by atomic mass is 16.5. The Morgan fingerprint density at radius 1 is 1.38 bits per heavy atom. The Hall–Kier alpha value is -1.19. The topological polar surface area (TPSA) is 60.4 Å². The summed E-state index contributed by atoms with van der Waals surface area (Å²) in [6.45, 7) is 5.53. The summed E-state index contributed by atoms with van der Waals surface area (Å²) in [5.41, 5.74) is -1.20. The van der Waals surface area contributed by atoms with E-state index in [4.69, 9.17) is 4.74 Å². The number of rotatable bonds is 4. The average Bonchev–Trinajstić information content (AvgIpc) is 2.54. The van der Waals surface area contributed by atoms with Gasteiger partial charge < -0.3 is 4.74 Å². The number of carbonyl (C=O) groups excluding carboxylic acids is 3. The third-order valence-corrected chi connectivity index (χ3v) is 3.39. The van der Waals surface area contributed by atoms with E-state index in [1.54, 1.807) is 13.8 Å². The molecule has 1 rings (SSSR count). The van der Waals surface area contributed by atoms with Crippen molar-refractivity contribution in [3.8, 4) is 0 Å². The summed E-state index contributed by atoms with van der Waals surface area (Å²) >= 11 is 0. The maximum atomic E-state index is 11.9. The molecule has 0 aromatic carbocycles. The first-order chi connectivity index (χ1) is 7.53. The highest BCUT2D eigenvalue weighted by Gasteiger charge is 2.56. The first-order valence-corrected chi connectivity index (χ1v) is 5.79. The van der Waals surface area contributed by atoms with Crippen molar-refractivity contribution in [1.29, 1.82) is 0 Å². The molecule has 1 fully saturated rings. The van der Waals surface area contributed by atoms with E-state index in [-0.39, 0.29) is 12.5 Å². The molecule has 0 aromatic rings. The minimum absolute atomic E-state index is 0.235. The molecule has 0 radical (unpaired) electrons. The summed E-state index contributed by atoms with van der Waals surface area (Å²) in [6.07, 6.45) is 1.26. The van der Waals surface area contributed by atoms with E-state index in [0.29, 0.717) is 19.3 Å². The van der Waals surface area contributed by atoms with Gasteiger partial charge in [-0.25, -0.2) is 0 Å². The van der Waals surface area contributed by atoms with E-state index >= 15 is 0 Å². The molecule has 4 nitrogen and oxygen atoms in total. The lowest BCUT2D eigenvalue weighted by Gasteiger charge is -2.22. The Morgan fingerprint density at radius 3 is 2.38 bits per heavy atom. The van der Waals surface area contributed by atoms with Crippen molar-refractivity contribution in [2.24, 2.45) is 11.3 Å². The fourth-order valence-electron chi connectivity index (χ4n) is 2.25. The largest absolute Gasteiger partial charge is 0.465 e. The molecular formula is C12H18O4. The van der Waals surface area contributed by atoms with Crippen molar-refractivity contribution < 1.29 is 19.1 Å². The smallest absolute Gasteiger partial charge is 0.320 e. The lowest BCUT2D eigenvalue weighted by Crippen LogP contribution is -2.38. The predicted octanol–water partition coefficient (Wildman–Crippen LogP) is 1.51. The summed E-state index contributed by atoms with van der Waals surface area (Å²) in [5, 5.41) is 0. The number of ether oxygens (including phenoxy) is 1. The van der Waals surface area contributed by atoms with E-state index in [1.165, 1.54) is 0 Å². The fourth-order valence-corrected chi connectivity index (χ4v) is 2.25. The first-order valence-electron chi connectivity index (χ1n) is 5.79. The van der Waals surface area contributed by atoms with Gasteiger partial charge in [-0.15, -0.1) is 0 Å². The molecule has 0 aliphatic heterocycles. The fraction of sp³-hybridized carbons (Fsp3) is 0.750. The lowest BCUT2D eigenvalue weighted by molar-refractivity contribution is -0.160. The molecule has 2 atom stereocenters. The SMILES string of the molecule is CCOC(=O)C1(CC)CC(CC)C(=O)C1=O. The summed E-state index contributed by atoms with van der Waals surface area (Å²) in [4.78, 5) is 35.4. The monoisotopic (exact) mass is 226 g/mol. The van der Waals surface area contributed by atoms with Crippen molar-refractivity contribution in [2.75, 3.05) is 6.61 Å². The normalized spacial score (nSPS) is 29.6. The third kappa shape index (κ3) is 1.77. The minimum Gasteiger partial charge on any atom is -0.465 e. The number of Topliss-reactive ketones (excluding diaryl/α,β-unsaturated/α-hetero) is 2. The van der Waals surface area contributed by atoms with Gasteiger partial charge in [-0.3, -0.25) is 14.4 Å².